The van der Waals surface area contributed by atoms with E-state index in [9.17, 15) is 22.0 Å². The number of carbonyl (C=O) groups is 1. The summed E-state index contributed by atoms with van der Waals surface area (Å²) >= 11 is 5.72. The Labute approximate surface area is 167 Å². The fourth-order valence-corrected chi connectivity index (χ4v) is 4.90. The molecule has 1 heterocycles. The van der Waals surface area contributed by atoms with Gasteiger partial charge in [0.1, 0.15) is 11.6 Å². The van der Waals surface area contributed by atoms with Crippen LogP contribution in [0.4, 0.5) is 14.5 Å². The van der Waals surface area contributed by atoms with Gasteiger partial charge in [-0.2, -0.15) is 0 Å². The molecule has 0 aliphatic carbocycles. The average Bonchev–Trinajstić information content (AvgIpc) is 2.66. The molecule has 3 rings (SSSR count). The number of anilines is 1. The lowest BCUT2D eigenvalue weighted by Crippen LogP contribution is -2.44. The standard InChI is InChI=1S/C19H19ClF2N2O3S/c20-17-10-16(7-8-18(17)22)23-19(25)14-2-1-9-24(11-14)28(26,27)12-13-3-5-15(21)6-4-13/h3-8,10,14H,1-2,9,11-12H2,(H,23,25)/t14-/m1/s1. The van der Waals surface area contributed by atoms with Crippen LogP contribution < -0.4 is 5.32 Å². The number of halogens is 3. The molecular formula is C19H19ClF2N2O3S. The van der Waals surface area contributed by atoms with Gasteiger partial charge in [-0.15, -0.1) is 0 Å². The summed E-state index contributed by atoms with van der Waals surface area (Å²) in [5.74, 6) is -2.15. The van der Waals surface area contributed by atoms with Gasteiger partial charge in [-0.3, -0.25) is 4.79 Å². The van der Waals surface area contributed by atoms with Crippen LogP contribution in [0.15, 0.2) is 42.5 Å². The fourth-order valence-electron chi connectivity index (χ4n) is 3.11. The van der Waals surface area contributed by atoms with Gasteiger partial charge < -0.3 is 5.32 Å². The van der Waals surface area contributed by atoms with Crippen LogP contribution in [0.1, 0.15) is 18.4 Å². The highest BCUT2D eigenvalue weighted by molar-refractivity contribution is 7.88. The highest BCUT2D eigenvalue weighted by Gasteiger charge is 2.32. The van der Waals surface area contributed by atoms with Crippen LogP contribution in [-0.2, 0) is 20.6 Å². The second-order valence-electron chi connectivity index (χ2n) is 6.70. The van der Waals surface area contributed by atoms with E-state index >= 15 is 0 Å². The number of piperidine rings is 1. The van der Waals surface area contributed by atoms with Crippen LogP contribution in [0, 0.1) is 17.6 Å². The molecule has 1 aliphatic heterocycles. The molecule has 5 nitrogen and oxygen atoms in total. The van der Waals surface area contributed by atoms with E-state index in [1.165, 1.54) is 40.7 Å². The second kappa shape index (κ2) is 8.55. The molecule has 1 N–H and O–H groups in total. The van der Waals surface area contributed by atoms with E-state index in [1.54, 1.807) is 0 Å². The van der Waals surface area contributed by atoms with Crippen molar-refractivity contribution in [2.75, 3.05) is 18.4 Å². The SMILES string of the molecule is O=C(Nc1ccc(F)c(Cl)c1)[C@@H]1CCCN(S(=O)(=O)Cc2ccc(F)cc2)C1. The summed E-state index contributed by atoms with van der Waals surface area (Å²) in [5.41, 5.74) is 0.830. The Bertz CT molecular complexity index is 968. The lowest BCUT2D eigenvalue weighted by molar-refractivity contribution is -0.120. The van der Waals surface area contributed by atoms with E-state index in [0.717, 1.165) is 6.07 Å². The Hall–Kier alpha value is -2.03. The third kappa shape index (κ3) is 5.06. The van der Waals surface area contributed by atoms with Crippen LogP contribution in [0.5, 0.6) is 0 Å². The molecule has 28 heavy (non-hydrogen) atoms. The first-order valence-electron chi connectivity index (χ1n) is 8.73. The lowest BCUT2D eigenvalue weighted by atomic mass is 9.99. The number of hydrogen-bond acceptors (Lipinski definition) is 3. The number of nitrogens with one attached hydrogen (secondary N) is 1. The summed E-state index contributed by atoms with van der Waals surface area (Å²) in [6.07, 6.45) is 1.09. The van der Waals surface area contributed by atoms with Gasteiger partial charge >= 0.3 is 0 Å². The number of nitrogens with zero attached hydrogens (tertiary/aromatic N) is 1. The topological polar surface area (TPSA) is 66.5 Å². The molecule has 0 unspecified atom stereocenters. The van der Waals surface area contributed by atoms with Crippen molar-refractivity contribution in [3.63, 3.8) is 0 Å². The lowest BCUT2D eigenvalue weighted by Gasteiger charge is -2.31. The van der Waals surface area contributed by atoms with E-state index in [0.29, 0.717) is 30.6 Å². The minimum absolute atomic E-state index is 0.0598. The Balaban J connectivity index is 1.66. The summed E-state index contributed by atoms with van der Waals surface area (Å²) in [6, 6.07) is 9.14. The highest BCUT2D eigenvalue weighted by Crippen LogP contribution is 2.24. The summed E-state index contributed by atoms with van der Waals surface area (Å²) in [7, 11) is -3.64. The molecule has 1 fully saturated rings. The van der Waals surface area contributed by atoms with Gasteiger partial charge in [0.25, 0.3) is 0 Å². The highest BCUT2D eigenvalue weighted by atomic mass is 35.5. The van der Waals surface area contributed by atoms with Gasteiger partial charge in [-0.25, -0.2) is 21.5 Å². The molecule has 0 bridgehead atoms. The van der Waals surface area contributed by atoms with E-state index in [2.05, 4.69) is 5.32 Å². The predicted molar refractivity (Wildman–Crippen MR) is 103 cm³/mol. The third-order valence-electron chi connectivity index (χ3n) is 4.60. The molecule has 1 atom stereocenters. The third-order valence-corrected chi connectivity index (χ3v) is 6.70. The molecule has 2 aromatic rings. The van der Waals surface area contributed by atoms with Crippen LogP contribution in [-0.4, -0.2) is 31.7 Å². The van der Waals surface area contributed by atoms with Gasteiger partial charge in [0.05, 0.1) is 16.7 Å². The maximum atomic E-state index is 13.2. The Morgan fingerprint density at radius 2 is 1.89 bits per heavy atom. The molecule has 9 heteroatoms. The van der Waals surface area contributed by atoms with E-state index < -0.39 is 27.6 Å². The van der Waals surface area contributed by atoms with Crippen molar-refractivity contribution < 1.29 is 22.0 Å². The molecule has 0 aromatic heterocycles. The smallest absolute Gasteiger partial charge is 0.228 e. The van der Waals surface area contributed by atoms with Crippen molar-refractivity contribution in [1.82, 2.24) is 4.31 Å². The Kier molecular flexibility index (Phi) is 6.32. The summed E-state index contributed by atoms with van der Waals surface area (Å²) in [4.78, 5) is 12.5. The maximum absolute atomic E-state index is 13.2. The van der Waals surface area contributed by atoms with E-state index in [-0.39, 0.29) is 23.2 Å². The Morgan fingerprint density at radius 1 is 1.18 bits per heavy atom. The number of benzene rings is 2. The molecule has 0 saturated carbocycles. The van der Waals surface area contributed by atoms with Crippen molar-refractivity contribution in [1.29, 1.82) is 0 Å². The molecule has 0 radical (unpaired) electrons. The van der Waals surface area contributed by atoms with Crippen LogP contribution in [0.25, 0.3) is 0 Å². The number of hydrogen-bond donors (Lipinski definition) is 1. The minimum Gasteiger partial charge on any atom is -0.326 e. The van der Waals surface area contributed by atoms with Crippen LogP contribution in [0.3, 0.4) is 0 Å². The first kappa shape index (κ1) is 20.7. The normalized spacial score (nSPS) is 18.0. The number of sulfonamides is 1. The first-order chi connectivity index (χ1) is 13.2. The van der Waals surface area contributed by atoms with Crippen molar-refractivity contribution >= 4 is 33.2 Å². The van der Waals surface area contributed by atoms with Crippen molar-refractivity contribution in [3.05, 3.63) is 64.7 Å². The molecule has 150 valence electrons. The summed E-state index contributed by atoms with van der Waals surface area (Å²) in [6.45, 7) is 0.389. The largest absolute Gasteiger partial charge is 0.326 e. The predicted octanol–water partition coefficient (Wildman–Crippen LogP) is 3.80. The zero-order valence-corrected chi connectivity index (χ0v) is 16.4. The first-order valence-corrected chi connectivity index (χ1v) is 10.7. The zero-order valence-electron chi connectivity index (χ0n) is 14.9. The average molecular weight is 429 g/mol. The van der Waals surface area contributed by atoms with Crippen molar-refractivity contribution in [2.45, 2.75) is 18.6 Å². The molecule has 1 amide bonds. The molecule has 2 aromatic carbocycles. The second-order valence-corrected chi connectivity index (χ2v) is 9.07. The maximum Gasteiger partial charge on any atom is 0.228 e. The van der Waals surface area contributed by atoms with Gasteiger partial charge in [0, 0.05) is 18.8 Å². The fraction of sp³-hybridized carbons (Fsp3) is 0.316. The zero-order chi connectivity index (χ0) is 20.3. The van der Waals surface area contributed by atoms with Crippen LogP contribution in [0.2, 0.25) is 5.02 Å². The van der Waals surface area contributed by atoms with Crippen LogP contribution >= 0.6 is 11.6 Å². The van der Waals surface area contributed by atoms with Gasteiger partial charge in [0.15, 0.2) is 0 Å². The molecule has 1 aliphatic rings. The van der Waals surface area contributed by atoms with Crippen molar-refractivity contribution in [3.8, 4) is 0 Å². The summed E-state index contributed by atoms with van der Waals surface area (Å²) in [5, 5.41) is 2.55. The number of rotatable bonds is 5. The summed E-state index contributed by atoms with van der Waals surface area (Å²) < 4.78 is 52.9. The molecular weight excluding hydrogens is 410 g/mol. The quantitative estimate of drug-likeness (QED) is 0.787. The number of carbonyl (C=O) groups excluding carboxylic acids is 1. The monoisotopic (exact) mass is 428 g/mol. The van der Waals surface area contributed by atoms with Gasteiger partial charge in [0.2, 0.25) is 15.9 Å². The molecule has 0 spiro atoms. The van der Waals surface area contributed by atoms with E-state index in [4.69, 9.17) is 11.6 Å². The van der Waals surface area contributed by atoms with E-state index in [1.807, 2.05) is 0 Å². The van der Waals surface area contributed by atoms with Gasteiger partial charge in [-0.05, 0) is 48.7 Å². The molecule has 1 saturated heterocycles. The Morgan fingerprint density at radius 3 is 2.57 bits per heavy atom. The number of amides is 1. The van der Waals surface area contributed by atoms with Crippen molar-refractivity contribution in [2.24, 2.45) is 5.92 Å². The minimum atomic E-state index is -3.64. The van der Waals surface area contributed by atoms with Gasteiger partial charge in [-0.1, -0.05) is 23.7 Å².